The van der Waals surface area contributed by atoms with Crippen molar-refractivity contribution in [2.24, 2.45) is 0 Å². The van der Waals surface area contributed by atoms with Gasteiger partial charge in [0.05, 0.1) is 6.61 Å². The molecular formula is C11H12Cl3NO. The maximum atomic E-state index is 7.34. The van der Waals surface area contributed by atoms with Crippen LogP contribution in [0, 0.1) is 12.3 Å². The fraction of sp³-hybridized carbons (Fsp3) is 0.364. The summed E-state index contributed by atoms with van der Waals surface area (Å²) >= 11 is 16.4. The first kappa shape index (κ1) is 13.6. The molecular weight excluding hydrogens is 268 g/mol. The molecule has 0 saturated heterocycles. The van der Waals surface area contributed by atoms with E-state index >= 15 is 0 Å². The van der Waals surface area contributed by atoms with Crippen molar-refractivity contribution in [3.05, 3.63) is 35.4 Å². The zero-order valence-corrected chi connectivity index (χ0v) is 11.0. The van der Waals surface area contributed by atoms with Crippen LogP contribution in [-0.4, -0.2) is 16.3 Å². The smallest absolute Gasteiger partial charge is 0.265 e. The Labute approximate surface area is 110 Å². The van der Waals surface area contributed by atoms with Crippen molar-refractivity contribution in [2.45, 2.75) is 17.1 Å². The molecule has 0 aliphatic rings. The fourth-order valence-corrected chi connectivity index (χ4v) is 1.40. The Hall–Kier alpha value is -0.440. The topological polar surface area (TPSA) is 33.1 Å². The number of hydrogen-bond donors (Lipinski definition) is 1. The van der Waals surface area contributed by atoms with Crippen molar-refractivity contribution in [3.63, 3.8) is 0 Å². The van der Waals surface area contributed by atoms with Gasteiger partial charge in [-0.1, -0.05) is 59.1 Å². The first-order valence-electron chi connectivity index (χ1n) is 4.74. The van der Waals surface area contributed by atoms with Gasteiger partial charge in [-0.25, -0.2) is 0 Å². The molecule has 1 rings (SSSR count). The first-order valence-corrected chi connectivity index (χ1v) is 5.87. The molecule has 0 atom stereocenters. The second-order valence-corrected chi connectivity index (χ2v) is 5.63. The van der Waals surface area contributed by atoms with Crippen LogP contribution in [0.5, 0.6) is 0 Å². The molecule has 5 heteroatoms. The van der Waals surface area contributed by atoms with Crippen LogP contribution in [0.4, 0.5) is 0 Å². The van der Waals surface area contributed by atoms with Crippen LogP contribution < -0.4 is 0 Å². The molecule has 0 heterocycles. The van der Waals surface area contributed by atoms with E-state index in [1.807, 2.05) is 31.2 Å². The quantitative estimate of drug-likeness (QED) is 0.508. The molecule has 0 aliphatic carbocycles. The molecule has 0 unspecified atom stereocenters. The van der Waals surface area contributed by atoms with E-state index in [0.29, 0.717) is 13.0 Å². The Balaban J connectivity index is 2.43. The van der Waals surface area contributed by atoms with E-state index in [-0.39, 0.29) is 5.90 Å². The second-order valence-electron chi connectivity index (χ2n) is 3.35. The van der Waals surface area contributed by atoms with Crippen molar-refractivity contribution in [3.8, 4) is 0 Å². The monoisotopic (exact) mass is 279 g/mol. The van der Waals surface area contributed by atoms with Crippen molar-refractivity contribution in [2.75, 3.05) is 6.61 Å². The normalized spacial score (nSPS) is 11.2. The third-order valence-electron chi connectivity index (χ3n) is 2.14. The Morgan fingerprint density at radius 3 is 2.50 bits per heavy atom. The Morgan fingerprint density at radius 1 is 1.31 bits per heavy atom. The molecule has 88 valence electrons. The van der Waals surface area contributed by atoms with Crippen LogP contribution in [0.15, 0.2) is 24.3 Å². The molecule has 2 nitrogen and oxygen atoms in total. The molecule has 0 fully saturated rings. The van der Waals surface area contributed by atoms with E-state index in [1.54, 1.807) is 0 Å². The number of alkyl halides is 3. The highest BCUT2D eigenvalue weighted by Gasteiger charge is 2.28. The second kappa shape index (κ2) is 5.76. The summed E-state index contributed by atoms with van der Waals surface area (Å²) in [6, 6.07) is 7.97. The van der Waals surface area contributed by atoms with Crippen LogP contribution in [0.1, 0.15) is 11.1 Å². The van der Waals surface area contributed by atoms with Gasteiger partial charge in [0.2, 0.25) is 5.90 Å². The Morgan fingerprint density at radius 2 is 1.94 bits per heavy atom. The predicted octanol–water partition coefficient (Wildman–Crippen LogP) is 3.90. The minimum absolute atomic E-state index is 0.331. The van der Waals surface area contributed by atoms with Crippen LogP contribution >= 0.6 is 34.8 Å². The third-order valence-corrected chi connectivity index (χ3v) is 2.65. The van der Waals surface area contributed by atoms with Crippen LogP contribution in [0.3, 0.4) is 0 Å². The minimum Gasteiger partial charge on any atom is -0.478 e. The van der Waals surface area contributed by atoms with Crippen molar-refractivity contribution in [1.82, 2.24) is 0 Å². The third kappa shape index (κ3) is 4.20. The van der Waals surface area contributed by atoms with Gasteiger partial charge < -0.3 is 4.74 Å². The standard InChI is InChI=1S/C11H12Cl3NO/c1-8-4-2-3-5-9(8)6-7-16-10(15)11(12,13)14/h2-5,15H,6-7H2,1H3. The molecule has 0 aromatic heterocycles. The highest BCUT2D eigenvalue weighted by molar-refractivity contribution is 6.76. The fourth-order valence-electron chi connectivity index (χ4n) is 1.24. The number of aryl methyl sites for hydroxylation is 1. The van der Waals surface area contributed by atoms with E-state index in [9.17, 15) is 0 Å². The number of hydrogen-bond acceptors (Lipinski definition) is 2. The van der Waals surface area contributed by atoms with Crippen LogP contribution in [0.25, 0.3) is 0 Å². The summed E-state index contributed by atoms with van der Waals surface area (Å²) in [5.41, 5.74) is 2.35. The first-order chi connectivity index (χ1) is 7.41. The molecule has 16 heavy (non-hydrogen) atoms. The Bertz CT molecular complexity index is 374. The highest BCUT2D eigenvalue weighted by atomic mass is 35.6. The van der Waals surface area contributed by atoms with E-state index in [2.05, 4.69) is 0 Å². The van der Waals surface area contributed by atoms with Gasteiger partial charge in [-0.3, -0.25) is 5.41 Å². The number of nitrogens with one attached hydrogen (secondary N) is 1. The molecule has 1 aromatic carbocycles. The van der Waals surface area contributed by atoms with Gasteiger partial charge in [0.1, 0.15) is 0 Å². The minimum atomic E-state index is -1.77. The Kier molecular flexibility index (Phi) is 4.90. The molecule has 0 saturated carbocycles. The summed E-state index contributed by atoms with van der Waals surface area (Å²) in [6.07, 6.45) is 0.690. The van der Waals surface area contributed by atoms with Gasteiger partial charge in [0.25, 0.3) is 3.79 Å². The summed E-state index contributed by atoms with van der Waals surface area (Å²) < 4.78 is 3.28. The largest absolute Gasteiger partial charge is 0.478 e. The summed E-state index contributed by atoms with van der Waals surface area (Å²) in [5, 5.41) is 7.34. The summed E-state index contributed by atoms with van der Waals surface area (Å²) in [4.78, 5) is 0. The van der Waals surface area contributed by atoms with Gasteiger partial charge in [0, 0.05) is 6.42 Å². The lowest BCUT2D eigenvalue weighted by molar-refractivity contribution is 0.300. The lowest BCUT2D eigenvalue weighted by Crippen LogP contribution is -2.22. The van der Waals surface area contributed by atoms with Gasteiger partial charge in [-0.2, -0.15) is 0 Å². The number of rotatable bonds is 3. The van der Waals surface area contributed by atoms with Gasteiger partial charge in [0.15, 0.2) is 0 Å². The zero-order chi connectivity index (χ0) is 12.2. The number of benzene rings is 1. The molecule has 1 N–H and O–H groups in total. The van der Waals surface area contributed by atoms with Crippen LogP contribution in [0.2, 0.25) is 0 Å². The average molecular weight is 281 g/mol. The lowest BCUT2D eigenvalue weighted by Gasteiger charge is -2.14. The molecule has 1 aromatic rings. The zero-order valence-electron chi connectivity index (χ0n) is 8.77. The summed E-state index contributed by atoms with van der Waals surface area (Å²) in [6.45, 7) is 2.35. The molecule has 0 bridgehead atoms. The molecule has 0 aliphatic heterocycles. The SMILES string of the molecule is Cc1ccccc1CCOC(=N)C(Cl)(Cl)Cl. The molecule has 0 radical (unpaired) electrons. The molecule has 0 amide bonds. The maximum Gasteiger partial charge on any atom is 0.265 e. The number of ether oxygens (including phenoxy) is 1. The summed E-state index contributed by atoms with van der Waals surface area (Å²) in [7, 11) is 0. The van der Waals surface area contributed by atoms with E-state index < -0.39 is 3.79 Å². The van der Waals surface area contributed by atoms with Gasteiger partial charge in [-0.15, -0.1) is 0 Å². The van der Waals surface area contributed by atoms with Gasteiger partial charge in [-0.05, 0) is 18.1 Å². The van der Waals surface area contributed by atoms with Crippen molar-refractivity contribution in [1.29, 1.82) is 5.41 Å². The van der Waals surface area contributed by atoms with Crippen molar-refractivity contribution >= 4 is 40.7 Å². The van der Waals surface area contributed by atoms with E-state index in [0.717, 1.165) is 0 Å². The van der Waals surface area contributed by atoms with E-state index in [1.165, 1.54) is 11.1 Å². The summed E-state index contributed by atoms with van der Waals surface area (Å²) in [5.74, 6) is -0.342. The maximum absolute atomic E-state index is 7.34. The van der Waals surface area contributed by atoms with Crippen molar-refractivity contribution < 1.29 is 4.74 Å². The lowest BCUT2D eigenvalue weighted by atomic mass is 10.1. The average Bonchev–Trinajstić information content (AvgIpc) is 2.19. The van der Waals surface area contributed by atoms with Gasteiger partial charge >= 0.3 is 0 Å². The highest BCUT2D eigenvalue weighted by Crippen LogP contribution is 2.27. The molecule has 0 spiro atoms. The number of halogens is 3. The van der Waals surface area contributed by atoms with E-state index in [4.69, 9.17) is 44.9 Å². The predicted molar refractivity (Wildman–Crippen MR) is 68.9 cm³/mol. The van der Waals surface area contributed by atoms with Crippen LogP contribution in [-0.2, 0) is 11.2 Å².